The van der Waals surface area contributed by atoms with Crippen LogP contribution in [0.4, 0.5) is 14.5 Å². The zero-order chi connectivity index (χ0) is 15.1. The highest BCUT2D eigenvalue weighted by atomic mass is 79.9. The van der Waals surface area contributed by atoms with Crippen LogP contribution < -0.4 is 4.90 Å². The summed E-state index contributed by atoms with van der Waals surface area (Å²) in [5.41, 5.74) is 0.778. The summed E-state index contributed by atoms with van der Waals surface area (Å²) >= 11 is 3.30. The Balaban J connectivity index is 2.01. The molecule has 1 aliphatic heterocycles. The van der Waals surface area contributed by atoms with Crippen LogP contribution >= 0.6 is 15.9 Å². The zero-order valence-electron chi connectivity index (χ0n) is 10.6. The van der Waals surface area contributed by atoms with Crippen molar-refractivity contribution in [1.29, 1.82) is 0 Å². The summed E-state index contributed by atoms with van der Waals surface area (Å²) in [6, 6.07) is 8.80. The number of amides is 1. The molecular weight excluding hydrogens is 344 g/mol. The highest BCUT2D eigenvalue weighted by Gasteiger charge is 2.37. The third kappa shape index (κ3) is 2.35. The van der Waals surface area contributed by atoms with Gasteiger partial charge >= 0.3 is 0 Å². The van der Waals surface area contributed by atoms with E-state index in [0.717, 1.165) is 27.1 Å². The van der Waals surface area contributed by atoms with E-state index in [0.29, 0.717) is 0 Å². The number of halogens is 3. The van der Waals surface area contributed by atoms with Crippen LogP contribution in [-0.4, -0.2) is 11.7 Å². The van der Waals surface area contributed by atoms with Crippen molar-refractivity contribution < 1.29 is 18.4 Å². The van der Waals surface area contributed by atoms with E-state index in [4.69, 9.17) is 0 Å². The number of Topliss-reactive ketones (excluding diaryl/α,β-unsaturated/α-hetero) is 1. The van der Waals surface area contributed by atoms with Crippen molar-refractivity contribution in [2.75, 3.05) is 4.90 Å². The molecule has 0 N–H and O–H groups in total. The Morgan fingerprint density at radius 2 is 1.62 bits per heavy atom. The van der Waals surface area contributed by atoms with Crippen molar-refractivity contribution in [3.8, 4) is 0 Å². The molecule has 0 spiro atoms. The molecular formula is C15H8BrF2NO2. The number of hydrogen-bond acceptors (Lipinski definition) is 2. The second kappa shape index (κ2) is 5.04. The van der Waals surface area contributed by atoms with Crippen molar-refractivity contribution in [2.24, 2.45) is 0 Å². The minimum Gasteiger partial charge on any atom is -0.300 e. The summed E-state index contributed by atoms with van der Waals surface area (Å²) in [5, 5.41) is 0. The van der Waals surface area contributed by atoms with E-state index >= 15 is 0 Å². The Morgan fingerprint density at radius 3 is 2.29 bits per heavy atom. The number of rotatable bonds is 2. The number of carbonyl (C=O) groups is 2. The summed E-state index contributed by atoms with van der Waals surface area (Å²) < 4.78 is 27.5. The lowest BCUT2D eigenvalue weighted by molar-refractivity contribution is -0.114. The molecule has 106 valence electrons. The van der Waals surface area contributed by atoms with Gasteiger partial charge in [0.2, 0.25) is 0 Å². The molecule has 0 bridgehead atoms. The first-order valence-electron chi connectivity index (χ1n) is 6.07. The number of fused-ring (bicyclic) bond motifs is 1. The molecule has 1 heterocycles. The predicted molar refractivity (Wildman–Crippen MR) is 76.0 cm³/mol. The van der Waals surface area contributed by atoms with Gasteiger partial charge in [-0.25, -0.2) is 8.78 Å². The molecule has 6 heteroatoms. The average molecular weight is 352 g/mol. The Bertz CT molecular complexity index is 759. The van der Waals surface area contributed by atoms with Gasteiger partial charge in [0.05, 0.1) is 17.8 Å². The Kier molecular flexibility index (Phi) is 3.33. The molecule has 1 amide bonds. The fourth-order valence-electron chi connectivity index (χ4n) is 2.22. The Labute approximate surface area is 127 Å². The molecule has 0 aromatic heterocycles. The van der Waals surface area contributed by atoms with E-state index in [1.807, 2.05) is 0 Å². The van der Waals surface area contributed by atoms with Crippen molar-refractivity contribution in [3.05, 3.63) is 63.6 Å². The van der Waals surface area contributed by atoms with Gasteiger partial charge in [0.1, 0.15) is 0 Å². The largest absolute Gasteiger partial charge is 0.300 e. The second-order valence-electron chi connectivity index (χ2n) is 4.63. The SMILES string of the molecule is O=C1C(=O)N(Cc2ccc(Br)cc2)c2cc(F)c(F)cc21. The van der Waals surface area contributed by atoms with Crippen LogP contribution in [0.15, 0.2) is 40.9 Å². The molecule has 0 atom stereocenters. The van der Waals surface area contributed by atoms with Crippen molar-refractivity contribution >= 4 is 33.3 Å². The van der Waals surface area contributed by atoms with E-state index in [2.05, 4.69) is 15.9 Å². The van der Waals surface area contributed by atoms with E-state index in [9.17, 15) is 18.4 Å². The highest BCUT2D eigenvalue weighted by molar-refractivity contribution is 9.10. The number of hydrogen-bond donors (Lipinski definition) is 0. The van der Waals surface area contributed by atoms with Crippen LogP contribution in [0.25, 0.3) is 0 Å². The van der Waals surface area contributed by atoms with Gasteiger partial charge in [0.15, 0.2) is 11.6 Å². The smallest absolute Gasteiger partial charge is 0.299 e. The fourth-order valence-corrected chi connectivity index (χ4v) is 2.48. The fraction of sp³-hybridized carbons (Fsp3) is 0.0667. The van der Waals surface area contributed by atoms with Gasteiger partial charge in [0.25, 0.3) is 11.7 Å². The number of anilines is 1. The van der Waals surface area contributed by atoms with E-state index < -0.39 is 23.3 Å². The quantitative estimate of drug-likeness (QED) is 0.777. The maximum absolute atomic E-state index is 13.4. The third-order valence-electron chi connectivity index (χ3n) is 3.27. The molecule has 0 unspecified atom stereocenters. The van der Waals surface area contributed by atoms with Gasteiger partial charge in [0, 0.05) is 10.5 Å². The topological polar surface area (TPSA) is 37.4 Å². The molecule has 3 rings (SSSR count). The lowest BCUT2D eigenvalue weighted by Gasteiger charge is -2.16. The minimum atomic E-state index is -1.14. The normalized spacial score (nSPS) is 13.8. The molecule has 1 aliphatic rings. The molecule has 0 aliphatic carbocycles. The minimum absolute atomic E-state index is 0.101. The maximum Gasteiger partial charge on any atom is 0.299 e. The zero-order valence-corrected chi connectivity index (χ0v) is 12.2. The van der Waals surface area contributed by atoms with Crippen LogP contribution in [-0.2, 0) is 11.3 Å². The second-order valence-corrected chi connectivity index (χ2v) is 5.55. The van der Waals surface area contributed by atoms with Crippen molar-refractivity contribution in [1.82, 2.24) is 0 Å². The lowest BCUT2D eigenvalue weighted by Crippen LogP contribution is -2.29. The van der Waals surface area contributed by atoms with Crippen molar-refractivity contribution in [2.45, 2.75) is 6.54 Å². The van der Waals surface area contributed by atoms with Gasteiger partial charge in [-0.3, -0.25) is 9.59 Å². The van der Waals surface area contributed by atoms with Gasteiger partial charge in [-0.1, -0.05) is 28.1 Å². The number of carbonyl (C=O) groups excluding carboxylic acids is 2. The molecule has 2 aromatic carbocycles. The predicted octanol–water partition coefficient (Wildman–Crippen LogP) is 3.46. The highest BCUT2D eigenvalue weighted by Crippen LogP contribution is 2.32. The first kappa shape index (κ1) is 13.9. The summed E-state index contributed by atoms with van der Waals surface area (Å²) in [4.78, 5) is 25.0. The number of benzene rings is 2. The Hall–Kier alpha value is -2.08. The van der Waals surface area contributed by atoms with Crippen LogP contribution in [0.1, 0.15) is 15.9 Å². The third-order valence-corrected chi connectivity index (χ3v) is 3.80. The first-order chi connectivity index (χ1) is 9.97. The molecule has 0 fully saturated rings. The van der Waals surface area contributed by atoms with Gasteiger partial charge in [-0.15, -0.1) is 0 Å². The molecule has 0 saturated carbocycles. The summed E-state index contributed by atoms with van der Waals surface area (Å²) in [6.07, 6.45) is 0. The van der Waals surface area contributed by atoms with Gasteiger partial charge < -0.3 is 4.90 Å². The summed E-state index contributed by atoms with van der Waals surface area (Å²) in [5.74, 6) is -3.82. The monoisotopic (exact) mass is 351 g/mol. The van der Waals surface area contributed by atoms with E-state index in [1.165, 1.54) is 0 Å². The van der Waals surface area contributed by atoms with Crippen LogP contribution in [0.2, 0.25) is 0 Å². The van der Waals surface area contributed by atoms with E-state index in [-0.39, 0.29) is 17.8 Å². The van der Waals surface area contributed by atoms with E-state index in [1.54, 1.807) is 24.3 Å². The maximum atomic E-state index is 13.4. The average Bonchev–Trinajstić information content (AvgIpc) is 2.67. The summed E-state index contributed by atoms with van der Waals surface area (Å²) in [7, 11) is 0. The Morgan fingerprint density at radius 1 is 1.00 bits per heavy atom. The van der Waals surface area contributed by atoms with Gasteiger partial charge in [-0.2, -0.15) is 0 Å². The van der Waals surface area contributed by atoms with Crippen LogP contribution in [0, 0.1) is 11.6 Å². The lowest BCUT2D eigenvalue weighted by atomic mass is 10.1. The summed E-state index contributed by atoms with van der Waals surface area (Å²) in [6.45, 7) is 0.121. The molecule has 0 radical (unpaired) electrons. The van der Waals surface area contributed by atoms with Crippen molar-refractivity contribution in [3.63, 3.8) is 0 Å². The molecule has 21 heavy (non-hydrogen) atoms. The van der Waals surface area contributed by atoms with Crippen LogP contribution in [0.5, 0.6) is 0 Å². The molecule has 3 nitrogen and oxygen atoms in total. The number of ketones is 1. The molecule has 0 saturated heterocycles. The van der Waals surface area contributed by atoms with Gasteiger partial charge in [-0.05, 0) is 23.8 Å². The standard InChI is InChI=1S/C15H8BrF2NO2/c16-9-3-1-8(2-4-9)7-19-13-6-12(18)11(17)5-10(13)14(20)15(19)21/h1-6H,7H2. The first-order valence-corrected chi connectivity index (χ1v) is 6.86. The van der Waals surface area contributed by atoms with Crippen LogP contribution in [0.3, 0.4) is 0 Å². The molecule has 2 aromatic rings. The number of nitrogens with zero attached hydrogens (tertiary/aromatic N) is 1.